The van der Waals surface area contributed by atoms with E-state index in [2.05, 4.69) is 10.6 Å². The van der Waals surface area contributed by atoms with Gasteiger partial charge in [0.2, 0.25) is 5.91 Å². The van der Waals surface area contributed by atoms with Crippen molar-refractivity contribution in [3.8, 4) is 0 Å². The Bertz CT molecular complexity index is 229. The Balaban J connectivity index is 2.14. The molecule has 1 aliphatic rings. The van der Waals surface area contributed by atoms with Crippen LogP contribution in [0.4, 0.5) is 0 Å². The van der Waals surface area contributed by atoms with Gasteiger partial charge in [-0.25, -0.2) is 0 Å². The summed E-state index contributed by atoms with van der Waals surface area (Å²) in [6, 6.07) is 0. The van der Waals surface area contributed by atoms with Crippen LogP contribution in [0.1, 0.15) is 6.92 Å². The molecule has 0 spiro atoms. The Morgan fingerprint density at radius 3 is 3.07 bits per heavy atom. The number of carbonyl (C=O) groups is 1. The van der Waals surface area contributed by atoms with E-state index in [-0.39, 0.29) is 5.91 Å². The number of hydrogen-bond acceptors (Lipinski definition) is 4. The minimum atomic E-state index is -0.820. The average molecular weight is 234 g/mol. The highest BCUT2D eigenvalue weighted by atomic mass is 32.2. The molecule has 0 aromatic carbocycles. The molecule has 5 nitrogen and oxygen atoms in total. The molecule has 1 amide bonds. The summed E-state index contributed by atoms with van der Waals surface area (Å²) in [7, 11) is -0.820. The Hall–Kier alpha value is -0.460. The number of rotatable bonds is 5. The predicted octanol–water partition coefficient (Wildman–Crippen LogP) is -1.14. The third kappa shape index (κ3) is 4.72. The lowest BCUT2D eigenvalue weighted by atomic mass is 10.3. The first kappa shape index (κ1) is 12.6. The van der Waals surface area contributed by atoms with Gasteiger partial charge < -0.3 is 15.4 Å². The largest absolute Gasteiger partial charge is 0.366 e. The van der Waals surface area contributed by atoms with Crippen LogP contribution in [0.5, 0.6) is 0 Å². The topological polar surface area (TPSA) is 67.4 Å². The van der Waals surface area contributed by atoms with Crippen LogP contribution >= 0.6 is 0 Å². The molecule has 1 heterocycles. The van der Waals surface area contributed by atoms with Crippen molar-refractivity contribution < 1.29 is 13.7 Å². The molecular weight excluding hydrogens is 216 g/mol. The number of carbonyl (C=O) groups excluding carboxylic acids is 1. The van der Waals surface area contributed by atoms with Crippen molar-refractivity contribution in [2.24, 2.45) is 0 Å². The summed E-state index contributed by atoms with van der Waals surface area (Å²) in [5.74, 6) is 1.04. The minimum absolute atomic E-state index is 0.115. The summed E-state index contributed by atoms with van der Waals surface area (Å²) in [6.07, 6.45) is -0.395. The van der Waals surface area contributed by atoms with E-state index in [0.717, 1.165) is 6.54 Å². The highest BCUT2D eigenvalue weighted by Crippen LogP contribution is 1.95. The number of hydrogen-bond donors (Lipinski definition) is 2. The van der Waals surface area contributed by atoms with E-state index in [1.165, 1.54) is 0 Å². The van der Waals surface area contributed by atoms with E-state index in [1.54, 1.807) is 0 Å². The molecule has 0 aromatic rings. The second-order valence-corrected chi connectivity index (χ2v) is 5.15. The quantitative estimate of drug-likeness (QED) is 0.631. The smallest absolute Gasteiger partial charge is 0.250 e. The van der Waals surface area contributed by atoms with Gasteiger partial charge in [0, 0.05) is 41.9 Å². The van der Waals surface area contributed by atoms with Crippen LogP contribution in [0.25, 0.3) is 0 Å². The molecule has 1 saturated heterocycles. The fraction of sp³-hybridized carbons (Fsp3) is 0.889. The van der Waals surface area contributed by atoms with Crippen LogP contribution in [0.2, 0.25) is 0 Å². The van der Waals surface area contributed by atoms with Crippen molar-refractivity contribution >= 4 is 16.7 Å². The molecule has 1 aliphatic heterocycles. The van der Waals surface area contributed by atoms with Crippen LogP contribution < -0.4 is 10.6 Å². The summed E-state index contributed by atoms with van der Waals surface area (Å²) in [6.45, 7) is 4.25. The summed E-state index contributed by atoms with van der Waals surface area (Å²) in [5, 5.41) is 5.80. The second kappa shape index (κ2) is 6.92. The Morgan fingerprint density at radius 1 is 1.67 bits per heavy atom. The maximum absolute atomic E-state index is 11.5. The zero-order chi connectivity index (χ0) is 11.1. The SMILES string of the molecule is CCS(=O)CCNC(=O)C1CNCCO1. The molecule has 6 heteroatoms. The first-order chi connectivity index (χ1) is 7.24. The van der Waals surface area contributed by atoms with Gasteiger partial charge in [-0.15, -0.1) is 0 Å². The maximum atomic E-state index is 11.5. The molecular formula is C9H18N2O3S. The van der Waals surface area contributed by atoms with Crippen LogP contribution in [0, 0.1) is 0 Å². The summed E-state index contributed by atoms with van der Waals surface area (Å²) in [4.78, 5) is 11.5. The molecule has 0 saturated carbocycles. The molecule has 88 valence electrons. The Morgan fingerprint density at radius 2 is 2.47 bits per heavy atom. The average Bonchev–Trinajstić information content (AvgIpc) is 2.29. The van der Waals surface area contributed by atoms with E-state index < -0.39 is 16.9 Å². The van der Waals surface area contributed by atoms with Gasteiger partial charge >= 0.3 is 0 Å². The van der Waals surface area contributed by atoms with E-state index in [1.807, 2.05) is 6.92 Å². The van der Waals surface area contributed by atoms with Crippen molar-refractivity contribution in [3.05, 3.63) is 0 Å². The fourth-order valence-electron chi connectivity index (χ4n) is 1.28. The lowest BCUT2D eigenvalue weighted by molar-refractivity contribution is -0.134. The summed E-state index contributed by atoms with van der Waals surface area (Å²) in [5.41, 5.74) is 0. The molecule has 1 rings (SSSR count). The molecule has 0 radical (unpaired) electrons. The van der Waals surface area contributed by atoms with Gasteiger partial charge in [0.05, 0.1) is 6.61 Å². The lowest BCUT2D eigenvalue weighted by Gasteiger charge is -2.22. The lowest BCUT2D eigenvalue weighted by Crippen LogP contribution is -2.48. The van der Waals surface area contributed by atoms with E-state index >= 15 is 0 Å². The molecule has 0 aromatic heterocycles. The first-order valence-electron chi connectivity index (χ1n) is 5.19. The summed E-state index contributed by atoms with van der Waals surface area (Å²) < 4.78 is 16.4. The van der Waals surface area contributed by atoms with Crippen molar-refractivity contribution in [3.63, 3.8) is 0 Å². The van der Waals surface area contributed by atoms with Crippen molar-refractivity contribution in [1.82, 2.24) is 10.6 Å². The van der Waals surface area contributed by atoms with Crippen LogP contribution in [0.3, 0.4) is 0 Å². The number of morpholine rings is 1. The zero-order valence-corrected chi connectivity index (χ0v) is 9.77. The molecule has 0 aliphatic carbocycles. The third-order valence-corrected chi connectivity index (χ3v) is 3.47. The molecule has 0 bridgehead atoms. The zero-order valence-electron chi connectivity index (χ0n) is 8.95. The standard InChI is InChI=1S/C9H18N2O3S/c1-2-15(13)6-4-11-9(12)8-7-10-3-5-14-8/h8,10H,2-7H2,1H3,(H,11,12). The highest BCUT2D eigenvalue weighted by Gasteiger charge is 2.20. The van der Waals surface area contributed by atoms with Gasteiger partial charge in [0.15, 0.2) is 0 Å². The predicted molar refractivity (Wildman–Crippen MR) is 59.2 cm³/mol. The number of ether oxygens (including phenoxy) is 1. The van der Waals surface area contributed by atoms with Crippen molar-refractivity contribution in [2.45, 2.75) is 13.0 Å². The Labute approximate surface area is 92.4 Å². The van der Waals surface area contributed by atoms with Crippen LogP contribution in [-0.2, 0) is 20.3 Å². The molecule has 1 fully saturated rings. The molecule has 2 N–H and O–H groups in total. The minimum Gasteiger partial charge on any atom is -0.366 e. The van der Waals surface area contributed by atoms with Gasteiger partial charge in [-0.1, -0.05) is 6.92 Å². The van der Waals surface area contributed by atoms with Gasteiger partial charge in [-0.3, -0.25) is 9.00 Å². The Kier molecular flexibility index (Phi) is 5.82. The number of nitrogens with one attached hydrogen (secondary N) is 2. The first-order valence-corrected chi connectivity index (χ1v) is 6.68. The van der Waals surface area contributed by atoms with Crippen LogP contribution in [0.15, 0.2) is 0 Å². The van der Waals surface area contributed by atoms with Gasteiger partial charge in [0.25, 0.3) is 0 Å². The van der Waals surface area contributed by atoms with Crippen molar-refractivity contribution in [2.75, 3.05) is 37.7 Å². The van der Waals surface area contributed by atoms with Gasteiger partial charge in [-0.05, 0) is 0 Å². The number of amides is 1. The monoisotopic (exact) mass is 234 g/mol. The van der Waals surface area contributed by atoms with E-state index in [4.69, 9.17) is 4.74 Å². The normalized spacial score (nSPS) is 23.4. The van der Waals surface area contributed by atoms with Crippen LogP contribution in [-0.4, -0.2) is 54.0 Å². The van der Waals surface area contributed by atoms with E-state index in [9.17, 15) is 9.00 Å². The highest BCUT2D eigenvalue weighted by molar-refractivity contribution is 7.84. The fourth-order valence-corrected chi connectivity index (χ4v) is 1.90. The molecule has 2 atom stereocenters. The summed E-state index contributed by atoms with van der Waals surface area (Å²) >= 11 is 0. The van der Waals surface area contributed by atoms with E-state index in [0.29, 0.717) is 31.2 Å². The third-order valence-electron chi connectivity index (χ3n) is 2.17. The molecule has 2 unspecified atom stereocenters. The van der Waals surface area contributed by atoms with Gasteiger partial charge in [-0.2, -0.15) is 0 Å². The maximum Gasteiger partial charge on any atom is 0.250 e. The van der Waals surface area contributed by atoms with Crippen molar-refractivity contribution in [1.29, 1.82) is 0 Å². The molecule has 15 heavy (non-hydrogen) atoms. The second-order valence-electron chi connectivity index (χ2n) is 3.29. The van der Waals surface area contributed by atoms with Gasteiger partial charge in [0.1, 0.15) is 6.10 Å².